The Morgan fingerprint density at radius 1 is 1.56 bits per heavy atom. The van der Waals surface area contributed by atoms with Crippen LogP contribution in [0.5, 0.6) is 0 Å². The SMILES string of the molecule is CCOC(=O)C(F)(C#N)c1ccccc1C. The maximum atomic E-state index is 14.3. The first-order valence-electron chi connectivity index (χ1n) is 4.89. The number of esters is 1. The number of hydrogen-bond acceptors (Lipinski definition) is 3. The molecular weight excluding hydrogens is 209 g/mol. The van der Waals surface area contributed by atoms with Gasteiger partial charge in [-0.2, -0.15) is 5.26 Å². The number of halogens is 1. The van der Waals surface area contributed by atoms with Gasteiger partial charge in [0.1, 0.15) is 6.07 Å². The van der Waals surface area contributed by atoms with Gasteiger partial charge < -0.3 is 4.74 Å². The molecule has 0 aliphatic heterocycles. The molecule has 1 unspecified atom stereocenters. The van der Waals surface area contributed by atoms with Crippen LogP contribution < -0.4 is 0 Å². The highest BCUT2D eigenvalue weighted by Crippen LogP contribution is 2.29. The molecule has 1 rings (SSSR count). The van der Waals surface area contributed by atoms with Crippen molar-refractivity contribution in [1.82, 2.24) is 0 Å². The Labute approximate surface area is 93.5 Å². The van der Waals surface area contributed by atoms with Crippen LogP contribution in [0.25, 0.3) is 0 Å². The van der Waals surface area contributed by atoms with Crippen molar-refractivity contribution in [1.29, 1.82) is 5.26 Å². The van der Waals surface area contributed by atoms with E-state index in [2.05, 4.69) is 4.74 Å². The van der Waals surface area contributed by atoms with E-state index in [9.17, 15) is 9.18 Å². The molecule has 0 aliphatic carbocycles. The lowest BCUT2D eigenvalue weighted by molar-refractivity contribution is -0.154. The van der Waals surface area contributed by atoms with E-state index in [-0.39, 0.29) is 12.2 Å². The summed E-state index contributed by atoms with van der Waals surface area (Å²) in [5.41, 5.74) is -2.14. The zero-order valence-corrected chi connectivity index (χ0v) is 9.16. The molecule has 1 atom stereocenters. The standard InChI is InChI=1S/C12H12FNO2/c1-3-16-11(15)12(13,8-14)10-7-5-4-6-9(10)2/h4-7H,3H2,1-2H3. The van der Waals surface area contributed by atoms with Crippen LogP contribution in [0.15, 0.2) is 24.3 Å². The largest absolute Gasteiger partial charge is 0.463 e. The number of nitrogens with zero attached hydrogens (tertiary/aromatic N) is 1. The van der Waals surface area contributed by atoms with E-state index in [1.165, 1.54) is 12.1 Å². The van der Waals surface area contributed by atoms with E-state index >= 15 is 0 Å². The van der Waals surface area contributed by atoms with Gasteiger partial charge >= 0.3 is 11.6 Å². The quantitative estimate of drug-likeness (QED) is 0.735. The molecule has 0 spiro atoms. The molecule has 0 N–H and O–H groups in total. The molecule has 0 amide bonds. The third kappa shape index (κ3) is 2.03. The smallest absolute Gasteiger partial charge is 0.363 e. The number of carbonyl (C=O) groups excluding carboxylic acids is 1. The number of alkyl halides is 1. The third-order valence-electron chi connectivity index (χ3n) is 2.23. The van der Waals surface area contributed by atoms with Crippen molar-refractivity contribution in [2.45, 2.75) is 19.5 Å². The van der Waals surface area contributed by atoms with Gasteiger partial charge in [0, 0.05) is 5.56 Å². The van der Waals surface area contributed by atoms with Crippen molar-refractivity contribution in [3.63, 3.8) is 0 Å². The van der Waals surface area contributed by atoms with Crippen LogP contribution in [-0.4, -0.2) is 12.6 Å². The minimum atomic E-state index is -2.72. The summed E-state index contributed by atoms with van der Waals surface area (Å²) in [6.07, 6.45) is 0. The fourth-order valence-electron chi connectivity index (χ4n) is 1.41. The van der Waals surface area contributed by atoms with Gasteiger partial charge in [-0.25, -0.2) is 9.18 Å². The number of carbonyl (C=O) groups is 1. The van der Waals surface area contributed by atoms with Crippen LogP contribution in [0.4, 0.5) is 4.39 Å². The second kappa shape index (κ2) is 4.75. The summed E-state index contributed by atoms with van der Waals surface area (Å²) in [5.74, 6) is -1.16. The fraction of sp³-hybridized carbons (Fsp3) is 0.333. The van der Waals surface area contributed by atoms with Gasteiger partial charge in [-0.3, -0.25) is 0 Å². The summed E-state index contributed by atoms with van der Waals surface area (Å²) in [7, 11) is 0. The van der Waals surface area contributed by atoms with Gasteiger partial charge in [-0.15, -0.1) is 0 Å². The minimum Gasteiger partial charge on any atom is -0.463 e. The Balaban J connectivity index is 3.21. The van der Waals surface area contributed by atoms with E-state index in [1.807, 2.05) is 0 Å². The molecule has 1 aromatic carbocycles. The van der Waals surface area contributed by atoms with Crippen LogP contribution in [0.1, 0.15) is 18.1 Å². The van der Waals surface area contributed by atoms with Crippen LogP contribution >= 0.6 is 0 Å². The fourth-order valence-corrected chi connectivity index (χ4v) is 1.41. The first kappa shape index (κ1) is 12.2. The Hall–Kier alpha value is -1.89. The molecule has 0 saturated heterocycles. The molecule has 16 heavy (non-hydrogen) atoms. The average Bonchev–Trinajstić information content (AvgIpc) is 2.29. The maximum Gasteiger partial charge on any atom is 0.363 e. The van der Waals surface area contributed by atoms with Crippen molar-refractivity contribution in [2.75, 3.05) is 6.61 Å². The Morgan fingerprint density at radius 3 is 2.69 bits per heavy atom. The highest BCUT2D eigenvalue weighted by Gasteiger charge is 2.43. The van der Waals surface area contributed by atoms with E-state index < -0.39 is 11.6 Å². The second-order valence-corrected chi connectivity index (χ2v) is 3.31. The molecule has 0 fully saturated rings. The number of nitriles is 1. The van der Waals surface area contributed by atoms with E-state index in [0.29, 0.717) is 5.56 Å². The number of ether oxygens (including phenoxy) is 1. The highest BCUT2D eigenvalue weighted by molar-refractivity contribution is 5.85. The molecule has 0 aromatic heterocycles. The minimum absolute atomic E-state index is 0.0379. The molecule has 0 bridgehead atoms. The predicted octanol–water partition coefficient (Wildman–Crippen LogP) is 2.25. The zero-order valence-electron chi connectivity index (χ0n) is 9.16. The molecule has 0 saturated carbocycles. The van der Waals surface area contributed by atoms with E-state index in [0.717, 1.165) is 0 Å². The summed E-state index contributed by atoms with van der Waals surface area (Å²) in [6.45, 7) is 3.24. The van der Waals surface area contributed by atoms with Gasteiger partial charge in [-0.1, -0.05) is 24.3 Å². The molecule has 0 heterocycles. The van der Waals surface area contributed by atoms with Gasteiger partial charge in [-0.05, 0) is 19.4 Å². The second-order valence-electron chi connectivity index (χ2n) is 3.31. The van der Waals surface area contributed by atoms with Crippen LogP contribution in [0.2, 0.25) is 0 Å². The van der Waals surface area contributed by atoms with Crippen molar-refractivity contribution >= 4 is 5.97 Å². The number of aryl methyl sites for hydroxylation is 1. The maximum absolute atomic E-state index is 14.3. The van der Waals surface area contributed by atoms with Gasteiger partial charge in [0.2, 0.25) is 0 Å². The normalized spacial score (nSPS) is 13.6. The summed E-state index contributed by atoms with van der Waals surface area (Å²) in [5, 5.41) is 8.83. The topological polar surface area (TPSA) is 50.1 Å². The molecule has 0 aliphatic rings. The summed E-state index contributed by atoms with van der Waals surface area (Å²) >= 11 is 0. The lowest BCUT2D eigenvalue weighted by Gasteiger charge is -2.17. The lowest BCUT2D eigenvalue weighted by atomic mass is 9.93. The molecular formula is C12H12FNO2. The van der Waals surface area contributed by atoms with E-state index in [4.69, 9.17) is 5.26 Å². The van der Waals surface area contributed by atoms with Crippen molar-refractivity contribution in [3.05, 3.63) is 35.4 Å². The summed E-state index contributed by atoms with van der Waals surface area (Å²) in [4.78, 5) is 11.4. The lowest BCUT2D eigenvalue weighted by Crippen LogP contribution is -2.32. The summed E-state index contributed by atoms with van der Waals surface area (Å²) < 4.78 is 18.8. The first-order chi connectivity index (χ1) is 7.56. The summed E-state index contributed by atoms with van der Waals surface area (Å²) in [6, 6.07) is 7.72. The molecule has 3 nitrogen and oxygen atoms in total. The van der Waals surface area contributed by atoms with E-state index in [1.54, 1.807) is 32.0 Å². The van der Waals surface area contributed by atoms with Crippen LogP contribution in [-0.2, 0) is 15.2 Å². The van der Waals surface area contributed by atoms with Crippen molar-refractivity contribution in [3.8, 4) is 6.07 Å². The molecule has 4 heteroatoms. The first-order valence-corrected chi connectivity index (χ1v) is 4.89. The van der Waals surface area contributed by atoms with Crippen LogP contribution in [0.3, 0.4) is 0 Å². The van der Waals surface area contributed by atoms with Crippen LogP contribution in [0, 0.1) is 18.3 Å². The third-order valence-corrected chi connectivity index (χ3v) is 2.23. The van der Waals surface area contributed by atoms with Crippen molar-refractivity contribution in [2.24, 2.45) is 0 Å². The average molecular weight is 221 g/mol. The Bertz CT molecular complexity index is 439. The zero-order chi connectivity index (χ0) is 12.2. The molecule has 84 valence electrons. The Kier molecular flexibility index (Phi) is 3.62. The number of rotatable bonds is 3. The van der Waals surface area contributed by atoms with Gasteiger partial charge in [0.25, 0.3) is 0 Å². The molecule has 0 radical (unpaired) electrons. The number of benzene rings is 1. The molecule has 1 aromatic rings. The highest BCUT2D eigenvalue weighted by atomic mass is 19.1. The van der Waals surface area contributed by atoms with Gasteiger partial charge in [0.05, 0.1) is 6.61 Å². The number of hydrogen-bond donors (Lipinski definition) is 0. The van der Waals surface area contributed by atoms with Crippen molar-refractivity contribution < 1.29 is 13.9 Å². The Morgan fingerprint density at radius 2 is 2.19 bits per heavy atom. The predicted molar refractivity (Wildman–Crippen MR) is 56.2 cm³/mol. The van der Waals surface area contributed by atoms with Gasteiger partial charge in [0.15, 0.2) is 0 Å². The monoisotopic (exact) mass is 221 g/mol.